The Balaban J connectivity index is 3.54. The summed E-state index contributed by atoms with van der Waals surface area (Å²) in [4.78, 5) is 2.28. The first kappa shape index (κ1) is 12.2. The van der Waals surface area contributed by atoms with E-state index in [1.807, 2.05) is 6.08 Å². The fourth-order valence-electron chi connectivity index (χ4n) is 1.27. The first-order valence-electron chi connectivity index (χ1n) is 5.05. The van der Waals surface area contributed by atoms with Crippen LogP contribution in [0.2, 0.25) is 0 Å². The average molecular weight is 180 g/mol. The van der Waals surface area contributed by atoms with E-state index in [-0.39, 0.29) is 0 Å². The lowest BCUT2D eigenvalue weighted by Crippen LogP contribution is -2.25. The Hall–Kier alpha value is -0.810. The van der Waals surface area contributed by atoms with Crippen LogP contribution in [0, 0.1) is 11.3 Å². The van der Waals surface area contributed by atoms with Gasteiger partial charge in [-0.25, -0.2) is 0 Å². The van der Waals surface area contributed by atoms with Crippen molar-refractivity contribution in [3.63, 3.8) is 0 Å². The van der Waals surface area contributed by atoms with Gasteiger partial charge in [0.15, 0.2) is 0 Å². The molecule has 0 spiro atoms. The molecule has 0 unspecified atom stereocenters. The largest absolute Gasteiger partial charge is 0.299 e. The molecular weight excluding hydrogens is 160 g/mol. The summed E-state index contributed by atoms with van der Waals surface area (Å²) in [5.41, 5.74) is 0. The van der Waals surface area contributed by atoms with Gasteiger partial charge in [0.05, 0.1) is 6.07 Å². The van der Waals surface area contributed by atoms with E-state index in [0.717, 1.165) is 19.6 Å². The Labute approximate surface area is 81.9 Å². The molecule has 0 aromatic heterocycles. The zero-order chi connectivity index (χ0) is 9.94. The Bertz CT molecular complexity index is 158. The van der Waals surface area contributed by atoms with Gasteiger partial charge < -0.3 is 0 Å². The number of rotatable bonds is 8. The first-order valence-corrected chi connectivity index (χ1v) is 5.05. The van der Waals surface area contributed by atoms with Crippen molar-refractivity contribution in [2.45, 2.75) is 32.6 Å². The highest BCUT2D eigenvalue weighted by Crippen LogP contribution is 1.99. The SMILES string of the molecule is C=CCN(CCC#N)CCCCC. The second-order valence-corrected chi connectivity index (χ2v) is 3.20. The topological polar surface area (TPSA) is 27.0 Å². The van der Waals surface area contributed by atoms with Gasteiger partial charge in [-0.05, 0) is 13.0 Å². The highest BCUT2D eigenvalue weighted by molar-refractivity contribution is 4.77. The van der Waals surface area contributed by atoms with Crippen LogP contribution in [-0.2, 0) is 0 Å². The summed E-state index contributed by atoms with van der Waals surface area (Å²) >= 11 is 0. The van der Waals surface area contributed by atoms with Crippen molar-refractivity contribution in [3.05, 3.63) is 12.7 Å². The molecule has 0 aliphatic rings. The molecule has 0 aromatic carbocycles. The van der Waals surface area contributed by atoms with Gasteiger partial charge in [-0.3, -0.25) is 4.90 Å². The summed E-state index contributed by atoms with van der Waals surface area (Å²) in [6, 6.07) is 2.17. The third-order valence-corrected chi connectivity index (χ3v) is 2.01. The van der Waals surface area contributed by atoms with Gasteiger partial charge in [0.1, 0.15) is 0 Å². The van der Waals surface area contributed by atoms with E-state index in [4.69, 9.17) is 5.26 Å². The van der Waals surface area contributed by atoms with Crippen molar-refractivity contribution in [2.75, 3.05) is 19.6 Å². The van der Waals surface area contributed by atoms with Crippen LogP contribution in [0.5, 0.6) is 0 Å². The molecule has 0 heterocycles. The molecule has 0 aliphatic carbocycles. The summed E-state index contributed by atoms with van der Waals surface area (Å²) in [6.45, 7) is 8.80. The van der Waals surface area contributed by atoms with Crippen molar-refractivity contribution < 1.29 is 0 Å². The Morgan fingerprint density at radius 1 is 1.38 bits per heavy atom. The van der Waals surface area contributed by atoms with E-state index in [1.54, 1.807) is 0 Å². The molecule has 0 saturated heterocycles. The van der Waals surface area contributed by atoms with Crippen molar-refractivity contribution >= 4 is 0 Å². The van der Waals surface area contributed by atoms with Crippen molar-refractivity contribution in [2.24, 2.45) is 0 Å². The molecule has 0 N–H and O–H groups in total. The fourth-order valence-corrected chi connectivity index (χ4v) is 1.27. The van der Waals surface area contributed by atoms with Gasteiger partial charge in [0.2, 0.25) is 0 Å². The monoisotopic (exact) mass is 180 g/mol. The predicted molar refractivity (Wildman–Crippen MR) is 56.4 cm³/mol. The minimum Gasteiger partial charge on any atom is -0.299 e. The number of hydrogen-bond donors (Lipinski definition) is 0. The van der Waals surface area contributed by atoms with Gasteiger partial charge >= 0.3 is 0 Å². The third kappa shape index (κ3) is 7.55. The molecule has 0 amide bonds. The predicted octanol–water partition coefficient (Wildman–Crippen LogP) is 2.58. The zero-order valence-corrected chi connectivity index (χ0v) is 8.63. The zero-order valence-electron chi connectivity index (χ0n) is 8.63. The van der Waals surface area contributed by atoms with E-state index >= 15 is 0 Å². The van der Waals surface area contributed by atoms with Crippen LogP contribution in [0.3, 0.4) is 0 Å². The number of hydrogen-bond acceptors (Lipinski definition) is 2. The van der Waals surface area contributed by atoms with Crippen LogP contribution in [-0.4, -0.2) is 24.5 Å². The number of nitriles is 1. The Kier molecular flexibility index (Phi) is 8.70. The summed E-state index contributed by atoms with van der Waals surface area (Å²) in [7, 11) is 0. The second kappa shape index (κ2) is 9.28. The number of nitrogens with zero attached hydrogens (tertiary/aromatic N) is 2. The van der Waals surface area contributed by atoms with Crippen LogP contribution in [0.15, 0.2) is 12.7 Å². The summed E-state index contributed by atoms with van der Waals surface area (Å²) in [6.07, 6.45) is 6.29. The van der Waals surface area contributed by atoms with Crippen LogP contribution in [0.25, 0.3) is 0 Å². The van der Waals surface area contributed by atoms with Gasteiger partial charge in [-0.15, -0.1) is 6.58 Å². The lowest BCUT2D eigenvalue weighted by Gasteiger charge is -2.18. The summed E-state index contributed by atoms with van der Waals surface area (Å²) < 4.78 is 0. The fraction of sp³-hybridized carbons (Fsp3) is 0.727. The van der Waals surface area contributed by atoms with Gasteiger partial charge in [-0.1, -0.05) is 25.8 Å². The quantitative estimate of drug-likeness (QED) is 0.424. The minimum atomic E-state index is 0.625. The average Bonchev–Trinajstić information content (AvgIpc) is 2.14. The maximum absolute atomic E-state index is 8.45. The molecular formula is C11H20N2. The molecule has 0 bridgehead atoms. The van der Waals surface area contributed by atoms with E-state index in [9.17, 15) is 0 Å². The van der Waals surface area contributed by atoms with Crippen molar-refractivity contribution in [1.29, 1.82) is 5.26 Å². The van der Waals surface area contributed by atoms with Gasteiger partial charge in [-0.2, -0.15) is 5.26 Å². The lowest BCUT2D eigenvalue weighted by atomic mass is 10.2. The van der Waals surface area contributed by atoms with Crippen LogP contribution >= 0.6 is 0 Å². The van der Waals surface area contributed by atoms with Crippen LogP contribution in [0.1, 0.15) is 32.6 Å². The van der Waals surface area contributed by atoms with E-state index in [2.05, 4.69) is 24.5 Å². The van der Waals surface area contributed by atoms with Crippen molar-refractivity contribution in [1.82, 2.24) is 4.90 Å². The highest BCUT2D eigenvalue weighted by atomic mass is 15.1. The van der Waals surface area contributed by atoms with E-state index < -0.39 is 0 Å². The number of unbranched alkanes of at least 4 members (excludes halogenated alkanes) is 2. The van der Waals surface area contributed by atoms with Gasteiger partial charge in [0.25, 0.3) is 0 Å². The molecule has 0 saturated carbocycles. The molecule has 0 atom stereocenters. The maximum atomic E-state index is 8.45. The molecule has 13 heavy (non-hydrogen) atoms. The lowest BCUT2D eigenvalue weighted by molar-refractivity contribution is 0.302. The molecule has 0 aromatic rings. The third-order valence-electron chi connectivity index (χ3n) is 2.01. The van der Waals surface area contributed by atoms with E-state index in [0.29, 0.717) is 6.42 Å². The van der Waals surface area contributed by atoms with Crippen LogP contribution < -0.4 is 0 Å². The Morgan fingerprint density at radius 3 is 2.69 bits per heavy atom. The molecule has 0 fully saturated rings. The Morgan fingerprint density at radius 2 is 2.15 bits per heavy atom. The standard InChI is InChI=1S/C11H20N2/c1-3-5-6-10-13(9-4-2)11-7-8-12/h4H,2-3,5-7,9-11H2,1H3. The molecule has 0 radical (unpaired) electrons. The van der Waals surface area contributed by atoms with Crippen LogP contribution in [0.4, 0.5) is 0 Å². The minimum absolute atomic E-state index is 0.625. The van der Waals surface area contributed by atoms with E-state index in [1.165, 1.54) is 19.3 Å². The highest BCUT2D eigenvalue weighted by Gasteiger charge is 2.00. The maximum Gasteiger partial charge on any atom is 0.0635 e. The molecule has 2 heteroatoms. The summed E-state index contributed by atoms with van der Waals surface area (Å²) in [5.74, 6) is 0. The molecule has 2 nitrogen and oxygen atoms in total. The van der Waals surface area contributed by atoms with Gasteiger partial charge in [0, 0.05) is 19.5 Å². The molecule has 74 valence electrons. The second-order valence-electron chi connectivity index (χ2n) is 3.20. The van der Waals surface area contributed by atoms with Crippen molar-refractivity contribution in [3.8, 4) is 6.07 Å². The smallest absolute Gasteiger partial charge is 0.0635 e. The molecule has 0 rings (SSSR count). The normalized spacial score (nSPS) is 9.92. The molecule has 0 aliphatic heterocycles. The first-order chi connectivity index (χ1) is 6.35. The summed E-state index contributed by atoms with van der Waals surface area (Å²) in [5, 5.41) is 8.45.